The van der Waals surface area contributed by atoms with E-state index >= 15 is 0 Å². The minimum absolute atomic E-state index is 0.0403. The second-order valence-corrected chi connectivity index (χ2v) is 6.80. The van der Waals surface area contributed by atoms with Crippen LogP contribution < -0.4 is 5.73 Å². The summed E-state index contributed by atoms with van der Waals surface area (Å²) in [5.74, 6) is 0.830. The average molecular weight is 279 g/mol. The maximum atomic E-state index is 6.20. The van der Waals surface area contributed by atoms with E-state index in [0.717, 1.165) is 15.1 Å². The van der Waals surface area contributed by atoms with Crippen molar-refractivity contribution in [1.29, 1.82) is 0 Å². The first kappa shape index (κ1) is 13.5. The zero-order chi connectivity index (χ0) is 13.1. The lowest BCUT2D eigenvalue weighted by atomic mass is 10.0. The third kappa shape index (κ3) is 3.31. The Balaban J connectivity index is 1.99. The Morgan fingerprint density at radius 2 is 2.00 bits per heavy atom. The lowest BCUT2D eigenvalue weighted by Gasteiger charge is -2.12. The van der Waals surface area contributed by atoms with E-state index in [0.29, 0.717) is 0 Å². The second kappa shape index (κ2) is 5.82. The van der Waals surface area contributed by atoms with Crippen molar-refractivity contribution < 1.29 is 0 Å². The van der Waals surface area contributed by atoms with Gasteiger partial charge in [0.1, 0.15) is 5.01 Å². The highest BCUT2D eigenvalue weighted by Crippen LogP contribution is 2.26. The largest absolute Gasteiger partial charge is 0.323 e. The zero-order valence-corrected chi connectivity index (χ0v) is 12.4. The van der Waals surface area contributed by atoms with Crippen LogP contribution in [0.4, 0.5) is 0 Å². The summed E-state index contributed by atoms with van der Waals surface area (Å²) >= 11 is 3.29. The standard InChI is InChI=1S/C13H17N3S2/c1-8-4-5-11(6-9(8)2)12(14)7-17-13-16-15-10(3)18-13/h4-6,12H,7,14H2,1-3H3. The van der Waals surface area contributed by atoms with Gasteiger partial charge in [0.25, 0.3) is 0 Å². The summed E-state index contributed by atoms with van der Waals surface area (Å²) in [5, 5.41) is 9.09. The highest BCUT2D eigenvalue weighted by atomic mass is 32.2. The maximum Gasteiger partial charge on any atom is 0.174 e. The topological polar surface area (TPSA) is 51.8 Å². The van der Waals surface area contributed by atoms with Crippen LogP contribution in [0.15, 0.2) is 22.5 Å². The lowest BCUT2D eigenvalue weighted by molar-refractivity contribution is 0.827. The molecule has 18 heavy (non-hydrogen) atoms. The molecule has 0 aliphatic rings. The lowest BCUT2D eigenvalue weighted by Crippen LogP contribution is -2.13. The summed E-state index contributed by atoms with van der Waals surface area (Å²) in [6.07, 6.45) is 0. The molecule has 1 aromatic carbocycles. The normalized spacial score (nSPS) is 12.7. The molecule has 0 saturated heterocycles. The van der Waals surface area contributed by atoms with Gasteiger partial charge in [-0.2, -0.15) is 0 Å². The molecule has 0 aliphatic heterocycles. The molecule has 2 rings (SSSR count). The summed E-state index contributed by atoms with van der Waals surface area (Å²) < 4.78 is 0.992. The number of aromatic nitrogens is 2. The molecule has 0 radical (unpaired) electrons. The summed E-state index contributed by atoms with van der Waals surface area (Å²) in [7, 11) is 0. The van der Waals surface area contributed by atoms with Crippen molar-refractivity contribution >= 4 is 23.1 Å². The fourth-order valence-corrected chi connectivity index (χ4v) is 3.42. The van der Waals surface area contributed by atoms with Crippen LogP contribution in [0.25, 0.3) is 0 Å². The first-order chi connectivity index (χ1) is 8.56. The summed E-state index contributed by atoms with van der Waals surface area (Å²) in [6.45, 7) is 6.20. The van der Waals surface area contributed by atoms with E-state index in [2.05, 4.69) is 42.2 Å². The number of benzene rings is 1. The van der Waals surface area contributed by atoms with Gasteiger partial charge in [0.15, 0.2) is 4.34 Å². The van der Waals surface area contributed by atoms with Crippen LogP contribution in [0.2, 0.25) is 0 Å². The quantitative estimate of drug-likeness (QED) is 0.873. The minimum atomic E-state index is 0.0403. The number of aryl methyl sites for hydroxylation is 3. The summed E-state index contributed by atoms with van der Waals surface area (Å²) in [6, 6.07) is 6.45. The van der Waals surface area contributed by atoms with Crippen LogP contribution in [-0.2, 0) is 0 Å². The smallest absolute Gasteiger partial charge is 0.174 e. The Kier molecular flexibility index (Phi) is 4.37. The van der Waals surface area contributed by atoms with E-state index in [1.807, 2.05) is 6.92 Å². The first-order valence-corrected chi connectivity index (χ1v) is 7.62. The predicted molar refractivity (Wildman–Crippen MR) is 78.2 cm³/mol. The maximum absolute atomic E-state index is 6.20. The van der Waals surface area contributed by atoms with E-state index < -0.39 is 0 Å². The number of hydrogen-bond donors (Lipinski definition) is 1. The number of rotatable bonds is 4. The molecule has 0 amide bonds. The van der Waals surface area contributed by atoms with Crippen LogP contribution in [0, 0.1) is 20.8 Å². The molecule has 0 spiro atoms. The molecule has 0 saturated carbocycles. The molecule has 96 valence electrons. The highest BCUT2D eigenvalue weighted by molar-refractivity contribution is 8.01. The molecule has 1 aromatic heterocycles. The van der Waals surface area contributed by atoms with Crippen molar-refractivity contribution in [3.05, 3.63) is 39.9 Å². The average Bonchev–Trinajstić information content (AvgIpc) is 2.75. The van der Waals surface area contributed by atoms with Crippen LogP contribution in [0.3, 0.4) is 0 Å². The number of hydrogen-bond acceptors (Lipinski definition) is 5. The molecule has 1 atom stereocenters. The SMILES string of the molecule is Cc1nnc(SCC(N)c2ccc(C)c(C)c2)s1. The van der Waals surface area contributed by atoms with Gasteiger partial charge in [0, 0.05) is 11.8 Å². The van der Waals surface area contributed by atoms with Crippen molar-refractivity contribution in [2.75, 3.05) is 5.75 Å². The van der Waals surface area contributed by atoms with Gasteiger partial charge in [-0.1, -0.05) is 41.3 Å². The van der Waals surface area contributed by atoms with E-state index in [1.165, 1.54) is 16.7 Å². The van der Waals surface area contributed by atoms with Crippen molar-refractivity contribution in [1.82, 2.24) is 10.2 Å². The van der Waals surface area contributed by atoms with Crippen LogP contribution in [0.5, 0.6) is 0 Å². The van der Waals surface area contributed by atoms with Gasteiger partial charge in [0.05, 0.1) is 0 Å². The van der Waals surface area contributed by atoms with Gasteiger partial charge in [-0.15, -0.1) is 10.2 Å². The van der Waals surface area contributed by atoms with Crippen LogP contribution >= 0.6 is 23.1 Å². The Labute approximate surface area is 116 Å². The van der Waals surface area contributed by atoms with E-state index in [1.54, 1.807) is 23.1 Å². The van der Waals surface area contributed by atoms with Crippen LogP contribution in [0.1, 0.15) is 27.7 Å². The van der Waals surface area contributed by atoms with Crippen molar-refractivity contribution in [3.63, 3.8) is 0 Å². The molecule has 3 nitrogen and oxygen atoms in total. The molecule has 0 bridgehead atoms. The Hall–Kier alpha value is -0.910. The molecule has 1 unspecified atom stereocenters. The molecule has 0 fully saturated rings. The third-order valence-corrected chi connectivity index (χ3v) is 4.94. The van der Waals surface area contributed by atoms with E-state index in [9.17, 15) is 0 Å². The molecule has 2 N–H and O–H groups in total. The zero-order valence-electron chi connectivity index (χ0n) is 10.8. The van der Waals surface area contributed by atoms with Crippen LogP contribution in [-0.4, -0.2) is 16.0 Å². The fourth-order valence-electron chi connectivity index (χ4n) is 1.59. The van der Waals surface area contributed by atoms with Gasteiger partial charge in [-0.25, -0.2) is 0 Å². The Morgan fingerprint density at radius 3 is 2.61 bits per heavy atom. The number of nitrogens with two attached hydrogens (primary N) is 1. The van der Waals surface area contributed by atoms with E-state index in [-0.39, 0.29) is 6.04 Å². The molecular weight excluding hydrogens is 262 g/mol. The molecule has 2 aromatic rings. The highest BCUT2D eigenvalue weighted by Gasteiger charge is 2.09. The third-order valence-electron chi connectivity index (χ3n) is 2.85. The Morgan fingerprint density at radius 1 is 1.22 bits per heavy atom. The molecule has 0 aliphatic carbocycles. The number of nitrogens with zero attached hydrogens (tertiary/aromatic N) is 2. The number of thioether (sulfide) groups is 1. The van der Waals surface area contributed by atoms with E-state index in [4.69, 9.17) is 5.73 Å². The van der Waals surface area contributed by atoms with Crippen molar-refractivity contribution in [3.8, 4) is 0 Å². The van der Waals surface area contributed by atoms with Gasteiger partial charge >= 0.3 is 0 Å². The summed E-state index contributed by atoms with van der Waals surface area (Å²) in [4.78, 5) is 0. The Bertz CT molecular complexity index is 537. The van der Waals surface area contributed by atoms with Gasteiger partial charge in [0.2, 0.25) is 0 Å². The van der Waals surface area contributed by atoms with Crippen molar-refractivity contribution in [2.24, 2.45) is 5.73 Å². The first-order valence-electron chi connectivity index (χ1n) is 5.82. The van der Waals surface area contributed by atoms with Gasteiger partial charge in [-0.3, -0.25) is 0 Å². The molecule has 5 heteroatoms. The second-order valence-electron chi connectivity index (χ2n) is 4.35. The molecule has 1 heterocycles. The summed E-state index contributed by atoms with van der Waals surface area (Å²) in [5.41, 5.74) is 9.99. The fraction of sp³-hybridized carbons (Fsp3) is 0.385. The van der Waals surface area contributed by atoms with Crippen molar-refractivity contribution in [2.45, 2.75) is 31.2 Å². The predicted octanol–water partition coefficient (Wildman–Crippen LogP) is 3.26. The monoisotopic (exact) mass is 279 g/mol. The minimum Gasteiger partial charge on any atom is -0.323 e. The molecular formula is C13H17N3S2. The van der Waals surface area contributed by atoms with Gasteiger partial charge < -0.3 is 5.73 Å². The van der Waals surface area contributed by atoms with Gasteiger partial charge in [-0.05, 0) is 37.5 Å².